The molecule has 2 N–H and O–H groups in total. The second-order valence-electron chi connectivity index (χ2n) is 6.16. The van der Waals surface area contributed by atoms with E-state index in [2.05, 4.69) is 17.4 Å². The predicted molar refractivity (Wildman–Crippen MR) is 78.6 cm³/mol. The van der Waals surface area contributed by atoms with Crippen LogP contribution in [0.25, 0.3) is 0 Å². The van der Waals surface area contributed by atoms with Gasteiger partial charge in [-0.15, -0.1) is 0 Å². The zero-order valence-electron chi connectivity index (χ0n) is 11.2. The third kappa shape index (κ3) is 3.31. The van der Waals surface area contributed by atoms with Crippen LogP contribution in [0.3, 0.4) is 0 Å². The molecule has 2 atom stereocenters. The van der Waals surface area contributed by atoms with E-state index in [4.69, 9.17) is 11.6 Å². The second-order valence-corrected chi connectivity index (χ2v) is 6.59. The van der Waals surface area contributed by atoms with Crippen molar-refractivity contribution in [3.63, 3.8) is 0 Å². The van der Waals surface area contributed by atoms with Crippen molar-refractivity contribution >= 4 is 11.6 Å². The van der Waals surface area contributed by atoms with E-state index >= 15 is 0 Å². The van der Waals surface area contributed by atoms with Crippen LogP contribution in [-0.4, -0.2) is 23.8 Å². The van der Waals surface area contributed by atoms with Crippen molar-refractivity contribution in [2.24, 2.45) is 5.92 Å². The summed E-state index contributed by atoms with van der Waals surface area (Å²) in [5, 5.41) is 14.0. The summed E-state index contributed by atoms with van der Waals surface area (Å²) >= 11 is 5.91. The molecular weight excluding hydrogens is 258 g/mol. The first-order chi connectivity index (χ1) is 9.20. The topological polar surface area (TPSA) is 32.3 Å². The van der Waals surface area contributed by atoms with Gasteiger partial charge in [-0.2, -0.15) is 0 Å². The van der Waals surface area contributed by atoms with Crippen LogP contribution < -0.4 is 5.32 Å². The molecule has 0 amide bonds. The van der Waals surface area contributed by atoms with Crippen LogP contribution >= 0.6 is 11.6 Å². The summed E-state index contributed by atoms with van der Waals surface area (Å²) in [6.07, 6.45) is 5.58. The van der Waals surface area contributed by atoms with Gasteiger partial charge in [0.2, 0.25) is 0 Å². The fourth-order valence-electron chi connectivity index (χ4n) is 3.36. The molecule has 0 aromatic heterocycles. The first-order valence-electron chi connectivity index (χ1n) is 7.37. The molecule has 104 valence electrons. The largest absolute Gasteiger partial charge is 0.393 e. The number of hydrogen-bond acceptors (Lipinski definition) is 2. The molecule has 0 radical (unpaired) electrons. The molecule has 2 aliphatic rings. The van der Waals surface area contributed by atoms with Gasteiger partial charge in [0.1, 0.15) is 0 Å². The van der Waals surface area contributed by atoms with Gasteiger partial charge >= 0.3 is 0 Å². The number of hydrogen-bond donors (Lipinski definition) is 2. The molecule has 2 fully saturated rings. The number of halogens is 1. The molecule has 3 rings (SSSR count). The molecule has 0 aliphatic heterocycles. The molecule has 0 spiro atoms. The van der Waals surface area contributed by atoms with Crippen LogP contribution in [-0.2, 0) is 0 Å². The Morgan fingerprint density at radius 1 is 1.11 bits per heavy atom. The van der Waals surface area contributed by atoms with Crippen LogP contribution in [0, 0.1) is 5.92 Å². The van der Waals surface area contributed by atoms with E-state index < -0.39 is 0 Å². The molecular formula is C16H22ClNO. The Morgan fingerprint density at radius 2 is 1.84 bits per heavy atom. The van der Waals surface area contributed by atoms with Gasteiger partial charge in [0.25, 0.3) is 0 Å². The maximum Gasteiger partial charge on any atom is 0.0543 e. The monoisotopic (exact) mass is 279 g/mol. The minimum Gasteiger partial charge on any atom is -0.393 e. The Bertz CT molecular complexity index is 413. The van der Waals surface area contributed by atoms with E-state index in [-0.39, 0.29) is 6.10 Å². The predicted octanol–water partition coefficient (Wildman–Crippen LogP) is 3.34. The number of aliphatic hydroxyl groups is 1. The second kappa shape index (κ2) is 5.82. The third-order valence-corrected chi connectivity index (χ3v) is 4.94. The molecule has 1 aromatic rings. The molecule has 2 nitrogen and oxygen atoms in total. The molecule has 2 unspecified atom stereocenters. The lowest BCUT2D eigenvalue weighted by molar-refractivity contribution is 0.176. The molecule has 0 bridgehead atoms. The zero-order valence-corrected chi connectivity index (χ0v) is 11.9. The fourth-order valence-corrected chi connectivity index (χ4v) is 3.48. The highest BCUT2D eigenvalue weighted by atomic mass is 35.5. The number of benzene rings is 1. The minimum absolute atomic E-state index is 0.0463. The number of nitrogens with one attached hydrogen (secondary N) is 1. The van der Waals surface area contributed by atoms with Crippen molar-refractivity contribution < 1.29 is 5.11 Å². The molecule has 19 heavy (non-hydrogen) atoms. The average Bonchev–Trinajstić information content (AvgIpc) is 2.75. The number of aliphatic hydroxyl groups excluding tert-OH is 1. The van der Waals surface area contributed by atoms with Crippen molar-refractivity contribution in [1.82, 2.24) is 5.32 Å². The van der Waals surface area contributed by atoms with Gasteiger partial charge in [-0.05, 0) is 68.2 Å². The maximum absolute atomic E-state index is 9.51. The molecule has 3 heteroatoms. The normalized spacial score (nSPS) is 34.2. The van der Waals surface area contributed by atoms with Crippen molar-refractivity contribution in [3.8, 4) is 0 Å². The molecule has 0 heterocycles. The third-order valence-electron chi connectivity index (χ3n) is 4.69. The smallest absolute Gasteiger partial charge is 0.0543 e. The molecule has 0 saturated heterocycles. The SMILES string of the molecule is OC1CCC(CNC2CC(c3ccc(Cl)cc3)C2)C1. The van der Waals surface area contributed by atoms with Gasteiger partial charge in [0, 0.05) is 11.1 Å². The Morgan fingerprint density at radius 3 is 2.47 bits per heavy atom. The van der Waals surface area contributed by atoms with E-state index in [1.807, 2.05) is 12.1 Å². The van der Waals surface area contributed by atoms with Crippen molar-refractivity contribution in [3.05, 3.63) is 34.9 Å². The highest BCUT2D eigenvalue weighted by Gasteiger charge is 2.31. The van der Waals surface area contributed by atoms with Gasteiger partial charge in [-0.25, -0.2) is 0 Å². The lowest BCUT2D eigenvalue weighted by Gasteiger charge is -2.37. The van der Waals surface area contributed by atoms with E-state index in [1.54, 1.807) is 0 Å². The van der Waals surface area contributed by atoms with Gasteiger partial charge in [-0.1, -0.05) is 23.7 Å². The minimum atomic E-state index is -0.0463. The van der Waals surface area contributed by atoms with E-state index in [9.17, 15) is 5.11 Å². The molecule has 2 aliphatic carbocycles. The van der Waals surface area contributed by atoms with Gasteiger partial charge in [-0.3, -0.25) is 0 Å². The van der Waals surface area contributed by atoms with Gasteiger partial charge in [0.05, 0.1) is 6.10 Å². The fraction of sp³-hybridized carbons (Fsp3) is 0.625. The van der Waals surface area contributed by atoms with Crippen LogP contribution in [0.4, 0.5) is 0 Å². The highest BCUT2D eigenvalue weighted by Crippen LogP contribution is 2.37. The highest BCUT2D eigenvalue weighted by molar-refractivity contribution is 6.30. The Hall–Kier alpha value is -0.570. The van der Waals surface area contributed by atoms with Crippen molar-refractivity contribution in [2.75, 3.05) is 6.54 Å². The molecule has 2 saturated carbocycles. The van der Waals surface area contributed by atoms with Crippen LogP contribution in [0.15, 0.2) is 24.3 Å². The first kappa shape index (κ1) is 13.4. The summed E-state index contributed by atoms with van der Waals surface area (Å²) in [6, 6.07) is 8.93. The summed E-state index contributed by atoms with van der Waals surface area (Å²) in [6.45, 7) is 1.08. The summed E-state index contributed by atoms with van der Waals surface area (Å²) in [5.74, 6) is 1.38. The van der Waals surface area contributed by atoms with Crippen LogP contribution in [0.1, 0.15) is 43.6 Å². The zero-order chi connectivity index (χ0) is 13.2. The summed E-state index contributed by atoms with van der Waals surface area (Å²) < 4.78 is 0. The van der Waals surface area contributed by atoms with Crippen molar-refractivity contribution in [2.45, 2.75) is 50.2 Å². The lowest BCUT2D eigenvalue weighted by Crippen LogP contribution is -2.42. The van der Waals surface area contributed by atoms with E-state index in [0.29, 0.717) is 17.9 Å². The maximum atomic E-state index is 9.51. The van der Waals surface area contributed by atoms with Crippen LogP contribution in [0.5, 0.6) is 0 Å². The first-order valence-corrected chi connectivity index (χ1v) is 7.75. The summed E-state index contributed by atoms with van der Waals surface area (Å²) in [7, 11) is 0. The van der Waals surface area contributed by atoms with E-state index in [0.717, 1.165) is 24.4 Å². The Kier molecular flexibility index (Phi) is 4.11. The number of rotatable bonds is 4. The summed E-state index contributed by atoms with van der Waals surface area (Å²) in [4.78, 5) is 0. The quantitative estimate of drug-likeness (QED) is 0.886. The lowest BCUT2D eigenvalue weighted by atomic mass is 9.76. The molecule has 1 aromatic carbocycles. The van der Waals surface area contributed by atoms with E-state index in [1.165, 1.54) is 24.8 Å². The summed E-state index contributed by atoms with van der Waals surface area (Å²) in [5.41, 5.74) is 1.42. The van der Waals surface area contributed by atoms with Crippen LogP contribution in [0.2, 0.25) is 5.02 Å². The average molecular weight is 280 g/mol. The van der Waals surface area contributed by atoms with Gasteiger partial charge in [0.15, 0.2) is 0 Å². The Labute approximate surface area is 120 Å². The van der Waals surface area contributed by atoms with Gasteiger partial charge < -0.3 is 10.4 Å². The standard InChI is InChI=1S/C16H22ClNO/c17-14-4-2-12(3-5-14)13-8-15(9-13)18-10-11-1-6-16(19)7-11/h2-5,11,13,15-16,18-19H,1,6-10H2. The van der Waals surface area contributed by atoms with Crippen molar-refractivity contribution in [1.29, 1.82) is 0 Å². The Balaban J connectivity index is 1.39.